The Morgan fingerprint density at radius 2 is 2.03 bits per heavy atom. The first kappa shape index (κ1) is 26.7. The van der Waals surface area contributed by atoms with Crippen LogP contribution in [-0.4, -0.2) is 54.1 Å². The van der Waals surface area contributed by atoms with E-state index in [9.17, 15) is 4.79 Å². The van der Waals surface area contributed by atoms with E-state index in [0.717, 1.165) is 64.0 Å². The Kier molecular flexibility index (Phi) is 7.75. The number of carbonyl (C=O) groups is 1. The van der Waals surface area contributed by atoms with E-state index >= 15 is 0 Å². The van der Waals surface area contributed by atoms with Crippen LogP contribution in [0.25, 0.3) is 10.2 Å². The number of carbonyl (C=O) groups excluding carboxylic acids is 1. The zero-order valence-corrected chi connectivity index (χ0v) is 25.0. The van der Waals surface area contributed by atoms with E-state index in [1.165, 1.54) is 18.4 Å². The van der Waals surface area contributed by atoms with Crippen LogP contribution in [0.4, 0.5) is 16.8 Å². The average Bonchev–Trinajstić information content (AvgIpc) is 3.52. The highest BCUT2D eigenvalue weighted by atomic mass is 32.1. The minimum Gasteiger partial charge on any atom is -0.464 e. The molecule has 4 aromatic rings. The molecule has 0 unspecified atom stereocenters. The second kappa shape index (κ2) is 11.0. The highest BCUT2D eigenvalue weighted by Crippen LogP contribution is 2.36. The Hall–Kier alpha value is -2.93. The lowest BCUT2D eigenvalue weighted by atomic mass is 10.0. The number of hydrogen-bond donors (Lipinski definition) is 0. The SMILES string of the molecule is COC(=O)c1csc(N2CCCc3c2nnc(/N=c2\sc4ccccc4n2COCC[Si](C)(C)C)c3C)n1. The van der Waals surface area contributed by atoms with Crippen LogP contribution in [0.5, 0.6) is 0 Å². The summed E-state index contributed by atoms with van der Waals surface area (Å²) < 4.78 is 14.2. The molecule has 9 nitrogen and oxygen atoms in total. The third-order valence-electron chi connectivity index (χ3n) is 6.49. The van der Waals surface area contributed by atoms with E-state index in [1.807, 2.05) is 17.0 Å². The minimum atomic E-state index is -1.17. The Bertz CT molecular complexity index is 1540. The van der Waals surface area contributed by atoms with Crippen molar-refractivity contribution in [3.8, 4) is 0 Å². The van der Waals surface area contributed by atoms with E-state index in [0.29, 0.717) is 23.4 Å². The number of benzene rings is 1. The second-order valence-electron chi connectivity index (χ2n) is 10.5. The summed E-state index contributed by atoms with van der Waals surface area (Å²) in [5, 5.41) is 11.6. The molecular weight excluding hydrogens is 537 g/mol. The molecule has 38 heavy (non-hydrogen) atoms. The van der Waals surface area contributed by atoms with Crippen molar-refractivity contribution in [1.29, 1.82) is 0 Å². The Morgan fingerprint density at radius 3 is 2.82 bits per heavy atom. The summed E-state index contributed by atoms with van der Waals surface area (Å²) >= 11 is 3.03. The molecule has 1 aromatic carbocycles. The van der Waals surface area contributed by atoms with Crippen LogP contribution >= 0.6 is 22.7 Å². The van der Waals surface area contributed by atoms with Crippen LogP contribution in [0.3, 0.4) is 0 Å². The van der Waals surface area contributed by atoms with Crippen molar-refractivity contribution in [2.24, 2.45) is 4.99 Å². The molecule has 0 spiro atoms. The molecule has 0 saturated carbocycles. The van der Waals surface area contributed by atoms with Crippen LogP contribution in [0.1, 0.15) is 28.0 Å². The largest absolute Gasteiger partial charge is 0.464 e. The summed E-state index contributed by atoms with van der Waals surface area (Å²) in [5.74, 6) is 0.946. The van der Waals surface area contributed by atoms with Crippen molar-refractivity contribution in [1.82, 2.24) is 19.7 Å². The van der Waals surface area contributed by atoms with Crippen molar-refractivity contribution in [2.45, 2.75) is 52.2 Å². The van der Waals surface area contributed by atoms with Crippen molar-refractivity contribution in [2.75, 3.05) is 25.2 Å². The number of nitrogens with zero attached hydrogens (tertiary/aromatic N) is 6. The summed E-state index contributed by atoms with van der Waals surface area (Å²) in [7, 11) is 0.189. The van der Waals surface area contributed by atoms with E-state index in [4.69, 9.17) is 14.5 Å². The van der Waals surface area contributed by atoms with Crippen molar-refractivity contribution < 1.29 is 14.3 Å². The number of esters is 1. The highest BCUT2D eigenvalue weighted by molar-refractivity contribution is 7.16. The molecule has 12 heteroatoms. The normalized spacial score (nSPS) is 14.2. The van der Waals surface area contributed by atoms with E-state index in [2.05, 4.69) is 58.4 Å². The van der Waals surface area contributed by atoms with Crippen LogP contribution in [0, 0.1) is 6.92 Å². The van der Waals surface area contributed by atoms with Crippen molar-refractivity contribution in [3.63, 3.8) is 0 Å². The summed E-state index contributed by atoms with van der Waals surface area (Å²) in [6.07, 6.45) is 1.83. The second-order valence-corrected chi connectivity index (χ2v) is 17.9. The standard InChI is InChI=1S/C26H32N6O3S2Si/c1-17-18-9-8-12-31(25-27-19(15-36-25)24(33)34-2)23(18)30-29-22(17)28-26-32(16-35-13-14-38(3,4)5)20-10-6-7-11-21(20)37-26/h6-7,10-11,15H,8-9,12-14,16H2,1-5H3/b28-26-. The molecule has 3 aromatic heterocycles. The number of methoxy groups -OCH3 is 1. The Labute approximate surface area is 230 Å². The minimum absolute atomic E-state index is 0.303. The maximum Gasteiger partial charge on any atom is 0.357 e. The van der Waals surface area contributed by atoms with Gasteiger partial charge in [0, 0.05) is 37.7 Å². The molecule has 4 heterocycles. The number of ether oxygens (including phenoxy) is 2. The van der Waals surface area contributed by atoms with Gasteiger partial charge in [0.25, 0.3) is 0 Å². The predicted octanol–water partition coefficient (Wildman–Crippen LogP) is 5.67. The number of anilines is 2. The van der Waals surface area contributed by atoms with Gasteiger partial charge in [-0.05, 0) is 37.9 Å². The maximum absolute atomic E-state index is 11.9. The number of para-hydroxylation sites is 1. The molecule has 0 N–H and O–H groups in total. The molecular formula is C26H32N6O3S2Si. The number of fused-ring (bicyclic) bond motifs is 2. The molecule has 0 aliphatic carbocycles. The molecule has 0 atom stereocenters. The summed E-state index contributed by atoms with van der Waals surface area (Å²) in [4.78, 5) is 24.2. The lowest BCUT2D eigenvalue weighted by Gasteiger charge is -2.28. The van der Waals surface area contributed by atoms with E-state index in [-0.39, 0.29) is 0 Å². The monoisotopic (exact) mass is 568 g/mol. The number of thiazole rings is 2. The highest BCUT2D eigenvalue weighted by Gasteiger charge is 2.26. The van der Waals surface area contributed by atoms with Crippen LogP contribution < -0.4 is 9.70 Å². The topological polar surface area (TPSA) is 94.7 Å². The molecule has 0 saturated heterocycles. The van der Waals surface area contributed by atoms with Gasteiger partial charge in [0.2, 0.25) is 0 Å². The van der Waals surface area contributed by atoms with E-state index < -0.39 is 14.0 Å². The van der Waals surface area contributed by atoms with Crippen LogP contribution in [0.2, 0.25) is 25.7 Å². The maximum atomic E-state index is 11.9. The molecule has 1 aliphatic rings. The quantitative estimate of drug-likeness (QED) is 0.153. The van der Waals surface area contributed by atoms with Gasteiger partial charge in [-0.2, -0.15) is 4.99 Å². The molecule has 5 rings (SSSR count). The van der Waals surface area contributed by atoms with Gasteiger partial charge in [-0.1, -0.05) is 43.1 Å². The summed E-state index contributed by atoms with van der Waals surface area (Å²) in [6.45, 7) is 11.1. The molecule has 0 radical (unpaired) electrons. The van der Waals surface area contributed by atoms with Crippen LogP contribution in [-0.2, 0) is 22.6 Å². The fraction of sp³-hybridized carbons (Fsp3) is 0.423. The van der Waals surface area contributed by atoms with Gasteiger partial charge in [-0.25, -0.2) is 9.78 Å². The van der Waals surface area contributed by atoms with Crippen molar-refractivity contribution in [3.05, 3.63) is 51.3 Å². The average molecular weight is 569 g/mol. The first-order valence-corrected chi connectivity index (χ1v) is 18.0. The Balaban J connectivity index is 1.49. The molecule has 0 fully saturated rings. The fourth-order valence-electron chi connectivity index (χ4n) is 4.30. The number of rotatable bonds is 8. The fourth-order valence-corrected chi connectivity index (χ4v) is 6.90. The van der Waals surface area contributed by atoms with Gasteiger partial charge in [-0.3, -0.25) is 4.57 Å². The zero-order valence-electron chi connectivity index (χ0n) is 22.4. The smallest absolute Gasteiger partial charge is 0.357 e. The zero-order chi connectivity index (χ0) is 26.9. The first-order chi connectivity index (χ1) is 18.2. The molecule has 0 amide bonds. The lowest BCUT2D eigenvalue weighted by molar-refractivity contribution is 0.0595. The molecule has 200 valence electrons. The molecule has 0 bridgehead atoms. The molecule has 1 aliphatic heterocycles. The number of aromatic nitrogens is 4. The number of hydrogen-bond acceptors (Lipinski definition) is 10. The van der Waals surface area contributed by atoms with Gasteiger partial charge < -0.3 is 14.4 Å². The van der Waals surface area contributed by atoms with E-state index in [1.54, 1.807) is 16.7 Å². The Morgan fingerprint density at radius 1 is 1.21 bits per heavy atom. The van der Waals surface area contributed by atoms with Gasteiger partial charge in [-0.15, -0.1) is 21.5 Å². The summed E-state index contributed by atoms with van der Waals surface area (Å²) in [5.41, 5.74) is 3.52. The summed E-state index contributed by atoms with van der Waals surface area (Å²) in [6, 6.07) is 9.42. The van der Waals surface area contributed by atoms with Gasteiger partial charge >= 0.3 is 5.97 Å². The van der Waals surface area contributed by atoms with Gasteiger partial charge in [0.05, 0.1) is 17.3 Å². The lowest BCUT2D eigenvalue weighted by Crippen LogP contribution is -2.27. The van der Waals surface area contributed by atoms with Crippen molar-refractivity contribution >= 4 is 63.7 Å². The van der Waals surface area contributed by atoms with Gasteiger partial charge in [0.1, 0.15) is 6.73 Å². The van der Waals surface area contributed by atoms with Gasteiger partial charge in [0.15, 0.2) is 27.3 Å². The first-order valence-electron chi connectivity index (χ1n) is 12.6. The van der Waals surface area contributed by atoms with Crippen LogP contribution in [0.15, 0.2) is 34.6 Å². The third kappa shape index (κ3) is 5.58. The third-order valence-corrected chi connectivity index (χ3v) is 10.1. The predicted molar refractivity (Wildman–Crippen MR) is 155 cm³/mol.